The highest BCUT2D eigenvalue weighted by atomic mass is 16.6. The van der Waals surface area contributed by atoms with Crippen LogP contribution >= 0.6 is 0 Å². The molecule has 22 heavy (non-hydrogen) atoms. The van der Waals surface area contributed by atoms with Gasteiger partial charge in [-0.05, 0) is 24.8 Å². The number of hydrogen-bond donors (Lipinski definition) is 1. The molecular formula is C17H24N2O3. The summed E-state index contributed by atoms with van der Waals surface area (Å²) in [6.07, 6.45) is 2.64. The summed E-state index contributed by atoms with van der Waals surface area (Å²) < 4.78 is 5.37. The van der Waals surface area contributed by atoms with Crippen LogP contribution in [0.25, 0.3) is 0 Å². The topological polar surface area (TPSA) is 53.0 Å². The average Bonchev–Trinajstić information content (AvgIpc) is 3.00. The molecule has 1 N–H and O–H groups in total. The zero-order chi connectivity index (χ0) is 15.4. The number of carbonyl (C=O) groups is 1. The lowest BCUT2D eigenvalue weighted by atomic mass is 10.1. The minimum absolute atomic E-state index is 0.198. The van der Waals surface area contributed by atoms with Gasteiger partial charge in [0.15, 0.2) is 0 Å². The van der Waals surface area contributed by atoms with E-state index in [0.29, 0.717) is 19.7 Å². The second-order valence-corrected chi connectivity index (χ2v) is 6.13. The first-order chi connectivity index (χ1) is 10.7. The van der Waals surface area contributed by atoms with E-state index in [2.05, 4.69) is 4.90 Å². The molecule has 0 aromatic heterocycles. The van der Waals surface area contributed by atoms with E-state index in [9.17, 15) is 9.90 Å². The zero-order valence-corrected chi connectivity index (χ0v) is 12.9. The highest BCUT2D eigenvalue weighted by Gasteiger charge is 2.33. The molecule has 2 fully saturated rings. The number of ether oxygens (including phenoxy) is 1. The molecule has 1 amide bonds. The van der Waals surface area contributed by atoms with Crippen LogP contribution in [0.15, 0.2) is 30.3 Å². The van der Waals surface area contributed by atoms with Crippen LogP contribution in [-0.4, -0.2) is 59.3 Å². The minimum Gasteiger partial charge on any atom is -0.445 e. The SMILES string of the molecule is O=C(OCc1ccccc1)N1CCN([C@H]2CCC[C@@H]2O)CC1. The summed E-state index contributed by atoms with van der Waals surface area (Å²) in [5.74, 6) is 0. The van der Waals surface area contributed by atoms with Crippen molar-refractivity contribution in [3.05, 3.63) is 35.9 Å². The molecule has 1 aliphatic heterocycles. The summed E-state index contributed by atoms with van der Waals surface area (Å²) in [4.78, 5) is 16.2. The summed E-state index contributed by atoms with van der Waals surface area (Å²) in [5, 5.41) is 9.98. The van der Waals surface area contributed by atoms with Gasteiger partial charge in [0.2, 0.25) is 0 Å². The van der Waals surface area contributed by atoms with Gasteiger partial charge in [0, 0.05) is 32.2 Å². The molecule has 0 spiro atoms. The van der Waals surface area contributed by atoms with Gasteiger partial charge in [0.25, 0.3) is 0 Å². The first kappa shape index (κ1) is 15.3. The molecule has 0 unspecified atom stereocenters. The van der Waals surface area contributed by atoms with E-state index < -0.39 is 0 Å². The van der Waals surface area contributed by atoms with Crippen molar-refractivity contribution in [1.82, 2.24) is 9.80 Å². The number of carbonyl (C=O) groups excluding carboxylic acids is 1. The molecule has 120 valence electrons. The fourth-order valence-electron chi connectivity index (χ4n) is 3.39. The van der Waals surface area contributed by atoms with Crippen LogP contribution in [0.3, 0.4) is 0 Å². The minimum atomic E-state index is -0.240. The van der Waals surface area contributed by atoms with Crippen LogP contribution in [0.1, 0.15) is 24.8 Å². The summed E-state index contributed by atoms with van der Waals surface area (Å²) in [6, 6.07) is 10.0. The lowest BCUT2D eigenvalue weighted by molar-refractivity contribution is 0.0282. The molecule has 3 rings (SSSR count). The number of benzene rings is 1. The number of hydrogen-bond acceptors (Lipinski definition) is 4. The van der Waals surface area contributed by atoms with E-state index >= 15 is 0 Å². The summed E-state index contributed by atoms with van der Waals surface area (Å²) in [6.45, 7) is 3.32. The molecule has 1 aliphatic carbocycles. The van der Waals surface area contributed by atoms with Gasteiger partial charge in [-0.3, -0.25) is 4.90 Å². The fraction of sp³-hybridized carbons (Fsp3) is 0.588. The van der Waals surface area contributed by atoms with Crippen molar-refractivity contribution in [1.29, 1.82) is 0 Å². The van der Waals surface area contributed by atoms with Crippen molar-refractivity contribution in [2.75, 3.05) is 26.2 Å². The number of amides is 1. The second kappa shape index (κ2) is 7.11. The van der Waals surface area contributed by atoms with E-state index in [0.717, 1.165) is 37.9 Å². The van der Waals surface area contributed by atoms with Gasteiger partial charge in [-0.15, -0.1) is 0 Å². The lowest BCUT2D eigenvalue weighted by Gasteiger charge is -2.38. The molecule has 2 aliphatic rings. The molecule has 0 bridgehead atoms. The number of aliphatic hydroxyl groups excluding tert-OH is 1. The highest BCUT2D eigenvalue weighted by Crippen LogP contribution is 2.25. The maximum atomic E-state index is 12.1. The summed E-state index contributed by atoms with van der Waals surface area (Å²) in [7, 11) is 0. The molecule has 1 aromatic rings. The van der Waals surface area contributed by atoms with Crippen molar-refractivity contribution in [3.63, 3.8) is 0 Å². The predicted octanol–water partition coefficient (Wildman–Crippen LogP) is 1.85. The van der Waals surface area contributed by atoms with Crippen LogP contribution < -0.4 is 0 Å². The molecule has 1 saturated heterocycles. The summed E-state index contributed by atoms with van der Waals surface area (Å²) >= 11 is 0. The van der Waals surface area contributed by atoms with Gasteiger partial charge in [-0.1, -0.05) is 30.3 Å². The van der Waals surface area contributed by atoms with Crippen molar-refractivity contribution in [2.45, 2.75) is 38.0 Å². The molecule has 5 nitrogen and oxygen atoms in total. The van der Waals surface area contributed by atoms with Crippen LogP contribution in [0.2, 0.25) is 0 Å². The van der Waals surface area contributed by atoms with Gasteiger partial charge >= 0.3 is 6.09 Å². The summed E-state index contributed by atoms with van der Waals surface area (Å²) in [5.41, 5.74) is 1.00. The Bertz CT molecular complexity index is 486. The van der Waals surface area contributed by atoms with E-state index in [1.807, 2.05) is 30.3 Å². The molecule has 2 atom stereocenters. The number of aliphatic hydroxyl groups is 1. The molecule has 1 heterocycles. The molecular weight excluding hydrogens is 280 g/mol. The molecule has 0 radical (unpaired) electrons. The Labute approximate surface area is 131 Å². The van der Waals surface area contributed by atoms with Crippen molar-refractivity contribution in [3.8, 4) is 0 Å². The lowest BCUT2D eigenvalue weighted by Crippen LogP contribution is -2.53. The van der Waals surface area contributed by atoms with E-state index in [4.69, 9.17) is 4.74 Å². The standard InChI is InChI=1S/C17H24N2O3/c20-16-8-4-7-15(16)18-9-11-19(12-10-18)17(21)22-13-14-5-2-1-3-6-14/h1-3,5-6,15-16,20H,4,7-13H2/t15-,16-/m0/s1. The average molecular weight is 304 g/mol. The van der Waals surface area contributed by atoms with Crippen molar-refractivity contribution < 1.29 is 14.6 Å². The van der Waals surface area contributed by atoms with E-state index in [-0.39, 0.29) is 18.2 Å². The molecule has 1 aromatic carbocycles. The largest absolute Gasteiger partial charge is 0.445 e. The van der Waals surface area contributed by atoms with Gasteiger partial charge < -0.3 is 14.7 Å². The zero-order valence-electron chi connectivity index (χ0n) is 12.9. The maximum Gasteiger partial charge on any atom is 0.410 e. The van der Waals surface area contributed by atoms with Gasteiger partial charge in [0.1, 0.15) is 6.61 Å². The Morgan fingerprint density at radius 3 is 2.50 bits per heavy atom. The van der Waals surface area contributed by atoms with Crippen molar-refractivity contribution in [2.24, 2.45) is 0 Å². The number of rotatable bonds is 3. The van der Waals surface area contributed by atoms with Crippen LogP contribution in [0.5, 0.6) is 0 Å². The fourth-order valence-corrected chi connectivity index (χ4v) is 3.39. The predicted molar refractivity (Wildman–Crippen MR) is 83.4 cm³/mol. The molecule has 1 saturated carbocycles. The van der Waals surface area contributed by atoms with Crippen LogP contribution in [-0.2, 0) is 11.3 Å². The van der Waals surface area contributed by atoms with Gasteiger partial charge in [-0.2, -0.15) is 0 Å². The maximum absolute atomic E-state index is 12.1. The Morgan fingerprint density at radius 2 is 1.86 bits per heavy atom. The van der Waals surface area contributed by atoms with Crippen molar-refractivity contribution >= 4 is 6.09 Å². The van der Waals surface area contributed by atoms with Crippen LogP contribution in [0.4, 0.5) is 4.79 Å². The normalized spacial score (nSPS) is 26.1. The van der Waals surface area contributed by atoms with Gasteiger partial charge in [-0.25, -0.2) is 4.79 Å². The quantitative estimate of drug-likeness (QED) is 0.926. The first-order valence-electron chi connectivity index (χ1n) is 8.12. The Kier molecular flexibility index (Phi) is 4.95. The third-order valence-electron chi connectivity index (χ3n) is 4.69. The first-order valence-corrected chi connectivity index (χ1v) is 8.12. The van der Waals surface area contributed by atoms with E-state index in [1.165, 1.54) is 0 Å². The number of piperazine rings is 1. The Balaban J connectivity index is 1.44. The third kappa shape index (κ3) is 3.59. The monoisotopic (exact) mass is 304 g/mol. The smallest absolute Gasteiger partial charge is 0.410 e. The van der Waals surface area contributed by atoms with Crippen LogP contribution in [0, 0.1) is 0 Å². The third-order valence-corrected chi connectivity index (χ3v) is 4.69. The van der Waals surface area contributed by atoms with E-state index in [1.54, 1.807) is 4.90 Å². The Morgan fingerprint density at radius 1 is 1.14 bits per heavy atom. The van der Waals surface area contributed by atoms with Gasteiger partial charge in [0.05, 0.1) is 6.10 Å². The Hall–Kier alpha value is -1.59. The number of nitrogens with zero attached hydrogens (tertiary/aromatic N) is 2. The molecule has 5 heteroatoms. The second-order valence-electron chi connectivity index (χ2n) is 6.13. The highest BCUT2D eigenvalue weighted by molar-refractivity contribution is 5.67.